The molecule has 3 rings (SSSR count). The predicted octanol–water partition coefficient (Wildman–Crippen LogP) is 4.73. The highest BCUT2D eigenvalue weighted by atomic mass is 79.9. The molecule has 2 aromatic heterocycles. The number of fused-ring (bicyclic) bond motifs is 1. The molecule has 0 saturated heterocycles. The van der Waals surface area contributed by atoms with Gasteiger partial charge in [0, 0.05) is 20.7 Å². The maximum Gasteiger partial charge on any atom is 0.139 e. The van der Waals surface area contributed by atoms with E-state index in [9.17, 15) is 0 Å². The number of rotatable bonds is 1. The molecule has 2 N–H and O–H groups in total. The van der Waals surface area contributed by atoms with E-state index < -0.39 is 0 Å². The number of pyridine rings is 1. The van der Waals surface area contributed by atoms with Gasteiger partial charge in [-0.05, 0) is 59.1 Å². The van der Waals surface area contributed by atoms with Crippen LogP contribution in [0.1, 0.15) is 11.1 Å². The summed E-state index contributed by atoms with van der Waals surface area (Å²) in [6.07, 6.45) is 1.96. The van der Waals surface area contributed by atoms with Crippen LogP contribution in [0, 0.1) is 13.8 Å². The Hall–Kier alpha value is -1.33. The molecule has 3 nitrogen and oxygen atoms in total. The van der Waals surface area contributed by atoms with Crippen LogP contribution in [0.5, 0.6) is 0 Å². The Morgan fingerprint density at radius 2 is 1.75 bits per heavy atom. The molecule has 0 aliphatic carbocycles. The van der Waals surface area contributed by atoms with Gasteiger partial charge in [-0.2, -0.15) is 0 Å². The molecule has 0 aliphatic rings. The molecule has 0 radical (unpaired) electrons. The predicted molar refractivity (Wildman–Crippen MR) is 89.9 cm³/mol. The maximum atomic E-state index is 6.25. The van der Waals surface area contributed by atoms with E-state index in [0.717, 1.165) is 37.0 Å². The molecule has 0 fully saturated rings. The molecule has 0 atom stereocenters. The highest BCUT2D eigenvalue weighted by Crippen LogP contribution is 2.30. The Balaban J connectivity index is 2.26. The van der Waals surface area contributed by atoms with Crippen molar-refractivity contribution >= 4 is 43.3 Å². The summed E-state index contributed by atoms with van der Waals surface area (Å²) >= 11 is 7.04. The first-order chi connectivity index (χ1) is 9.47. The molecule has 0 amide bonds. The first-order valence-electron chi connectivity index (χ1n) is 6.17. The summed E-state index contributed by atoms with van der Waals surface area (Å²) < 4.78 is 4.01. The van der Waals surface area contributed by atoms with Crippen molar-refractivity contribution in [3.8, 4) is 11.3 Å². The molecule has 0 spiro atoms. The van der Waals surface area contributed by atoms with E-state index in [1.165, 1.54) is 0 Å². The van der Waals surface area contributed by atoms with Crippen LogP contribution in [0.4, 0.5) is 5.82 Å². The average Bonchev–Trinajstić information content (AvgIpc) is 2.71. The number of nitrogens with two attached hydrogens (primary N) is 1. The van der Waals surface area contributed by atoms with E-state index in [4.69, 9.17) is 5.73 Å². The van der Waals surface area contributed by atoms with Gasteiger partial charge in [-0.1, -0.05) is 22.0 Å². The van der Waals surface area contributed by atoms with E-state index in [0.29, 0.717) is 5.82 Å². The highest BCUT2D eigenvalue weighted by Gasteiger charge is 2.13. The van der Waals surface area contributed by atoms with Crippen molar-refractivity contribution in [2.75, 3.05) is 5.73 Å². The third-order valence-electron chi connectivity index (χ3n) is 3.37. The fourth-order valence-corrected chi connectivity index (χ4v) is 2.75. The number of anilines is 1. The average molecular weight is 395 g/mol. The minimum Gasteiger partial charge on any atom is -0.383 e. The largest absolute Gasteiger partial charge is 0.383 e. The summed E-state index contributed by atoms with van der Waals surface area (Å²) in [6.45, 7) is 4.10. The number of imidazole rings is 1. The summed E-state index contributed by atoms with van der Waals surface area (Å²) in [7, 11) is 0. The molecule has 0 saturated carbocycles. The lowest BCUT2D eigenvalue weighted by atomic mass is 10.1. The van der Waals surface area contributed by atoms with Crippen molar-refractivity contribution in [1.82, 2.24) is 9.38 Å². The van der Waals surface area contributed by atoms with Crippen molar-refractivity contribution in [3.05, 3.63) is 50.5 Å². The normalized spacial score (nSPS) is 11.2. The summed E-state index contributed by atoms with van der Waals surface area (Å²) in [6, 6.07) is 8.16. The van der Waals surface area contributed by atoms with Crippen LogP contribution in [-0.2, 0) is 0 Å². The Morgan fingerprint density at radius 1 is 1.05 bits per heavy atom. The van der Waals surface area contributed by atoms with Crippen molar-refractivity contribution in [2.45, 2.75) is 13.8 Å². The third-order valence-corrected chi connectivity index (χ3v) is 5.09. The van der Waals surface area contributed by atoms with Gasteiger partial charge in [0.25, 0.3) is 0 Å². The van der Waals surface area contributed by atoms with E-state index in [-0.39, 0.29) is 0 Å². The summed E-state index contributed by atoms with van der Waals surface area (Å²) in [5, 5.41) is 0. The van der Waals surface area contributed by atoms with Crippen LogP contribution in [0.15, 0.2) is 39.4 Å². The lowest BCUT2D eigenvalue weighted by molar-refractivity contribution is 1.16. The zero-order valence-electron chi connectivity index (χ0n) is 11.1. The van der Waals surface area contributed by atoms with Crippen molar-refractivity contribution in [1.29, 1.82) is 0 Å². The number of aromatic nitrogens is 2. The fourth-order valence-electron chi connectivity index (χ4n) is 2.18. The Bertz CT molecular complexity index is 822. The quantitative estimate of drug-likeness (QED) is 0.648. The van der Waals surface area contributed by atoms with Crippen LogP contribution >= 0.6 is 31.9 Å². The molecule has 2 heterocycles. The Kier molecular flexibility index (Phi) is 3.34. The number of hydrogen-bond acceptors (Lipinski definition) is 2. The van der Waals surface area contributed by atoms with Crippen LogP contribution in [0.3, 0.4) is 0 Å². The molecular formula is C15H13Br2N3. The van der Waals surface area contributed by atoms with Crippen LogP contribution in [0.25, 0.3) is 16.9 Å². The Labute approximate surface area is 134 Å². The fraction of sp³-hybridized carbons (Fsp3) is 0.133. The number of aryl methyl sites for hydroxylation is 2. The minimum absolute atomic E-state index is 0.655. The monoisotopic (exact) mass is 393 g/mol. The van der Waals surface area contributed by atoms with Crippen LogP contribution in [-0.4, -0.2) is 9.38 Å². The van der Waals surface area contributed by atoms with E-state index in [1.807, 2.05) is 35.7 Å². The van der Waals surface area contributed by atoms with Gasteiger partial charge in [0.2, 0.25) is 0 Å². The van der Waals surface area contributed by atoms with Crippen LogP contribution < -0.4 is 5.73 Å². The molecule has 0 unspecified atom stereocenters. The van der Waals surface area contributed by atoms with Gasteiger partial charge in [0.1, 0.15) is 17.2 Å². The first kappa shape index (κ1) is 13.6. The van der Waals surface area contributed by atoms with Gasteiger partial charge in [0.15, 0.2) is 0 Å². The molecule has 0 bridgehead atoms. The molecular weight excluding hydrogens is 382 g/mol. The lowest BCUT2D eigenvalue weighted by Gasteiger charge is -2.03. The molecule has 20 heavy (non-hydrogen) atoms. The number of benzene rings is 1. The number of halogens is 2. The Morgan fingerprint density at radius 3 is 2.45 bits per heavy atom. The van der Waals surface area contributed by atoms with Crippen molar-refractivity contribution in [3.63, 3.8) is 0 Å². The molecule has 3 aromatic rings. The smallest absolute Gasteiger partial charge is 0.139 e. The SMILES string of the molecule is Cc1cc(-c2nc3cc(C)c(Br)cn3c2N)ccc1Br. The van der Waals surface area contributed by atoms with Crippen molar-refractivity contribution in [2.24, 2.45) is 0 Å². The second-order valence-corrected chi connectivity index (χ2v) is 6.55. The molecule has 0 aliphatic heterocycles. The number of nitrogen functional groups attached to an aromatic ring is 1. The second kappa shape index (κ2) is 4.90. The topological polar surface area (TPSA) is 43.3 Å². The van der Waals surface area contributed by atoms with Gasteiger partial charge >= 0.3 is 0 Å². The van der Waals surface area contributed by atoms with Gasteiger partial charge in [-0.25, -0.2) is 4.98 Å². The number of hydrogen-bond donors (Lipinski definition) is 1. The summed E-state index contributed by atoms with van der Waals surface area (Å²) in [4.78, 5) is 4.66. The third kappa shape index (κ3) is 2.15. The lowest BCUT2D eigenvalue weighted by Crippen LogP contribution is -1.95. The first-order valence-corrected chi connectivity index (χ1v) is 7.76. The van der Waals surface area contributed by atoms with E-state index in [2.05, 4.69) is 49.8 Å². The highest BCUT2D eigenvalue weighted by molar-refractivity contribution is 9.10. The summed E-state index contributed by atoms with van der Waals surface area (Å²) in [5.41, 5.74) is 11.3. The summed E-state index contributed by atoms with van der Waals surface area (Å²) in [5.74, 6) is 0.655. The van der Waals surface area contributed by atoms with Gasteiger partial charge in [-0.15, -0.1) is 0 Å². The van der Waals surface area contributed by atoms with E-state index >= 15 is 0 Å². The van der Waals surface area contributed by atoms with Gasteiger partial charge < -0.3 is 5.73 Å². The van der Waals surface area contributed by atoms with Crippen molar-refractivity contribution < 1.29 is 0 Å². The maximum absolute atomic E-state index is 6.25. The molecule has 1 aromatic carbocycles. The molecule has 5 heteroatoms. The standard InChI is InChI=1S/C15H13Br2N3/c1-8-5-10(3-4-11(8)16)14-15(18)20-7-12(17)9(2)6-13(20)19-14/h3-7H,18H2,1-2H3. The van der Waals surface area contributed by atoms with Gasteiger partial charge in [0.05, 0.1) is 0 Å². The molecule has 102 valence electrons. The zero-order chi connectivity index (χ0) is 14.4. The number of nitrogens with zero attached hydrogens (tertiary/aromatic N) is 2. The second-order valence-electron chi connectivity index (χ2n) is 4.84. The zero-order valence-corrected chi connectivity index (χ0v) is 14.3. The van der Waals surface area contributed by atoms with E-state index in [1.54, 1.807) is 0 Å². The minimum atomic E-state index is 0.655. The van der Waals surface area contributed by atoms with Gasteiger partial charge in [-0.3, -0.25) is 4.40 Å². The van der Waals surface area contributed by atoms with Crippen LogP contribution in [0.2, 0.25) is 0 Å².